The number of hydrogen-bond acceptors (Lipinski definition) is 4. The Bertz CT molecular complexity index is 1060. The summed E-state index contributed by atoms with van der Waals surface area (Å²) in [6, 6.07) is 17.1. The average molecular weight is 406 g/mol. The molecule has 1 aliphatic heterocycles. The van der Waals surface area contributed by atoms with Crippen molar-refractivity contribution in [3.05, 3.63) is 75.6 Å². The third-order valence-corrected chi connectivity index (χ3v) is 6.01. The molecular weight excluding hydrogens is 374 g/mol. The van der Waals surface area contributed by atoms with Crippen LogP contribution in [0.15, 0.2) is 53.3 Å². The van der Waals surface area contributed by atoms with E-state index in [1.54, 1.807) is 7.11 Å². The maximum atomic E-state index is 13.2. The van der Waals surface area contributed by atoms with Gasteiger partial charge in [-0.3, -0.25) is 9.69 Å². The van der Waals surface area contributed by atoms with E-state index in [1.807, 2.05) is 10.6 Å². The lowest BCUT2D eigenvalue weighted by atomic mass is 10.1. The van der Waals surface area contributed by atoms with Crippen LogP contribution < -0.4 is 10.5 Å². The van der Waals surface area contributed by atoms with Gasteiger partial charge in [0.25, 0.3) is 5.56 Å². The number of piperazine rings is 1. The fraction of sp³-hybridized carbons (Fsp3) is 0.400. The molecule has 1 saturated heterocycles. The van der Waals surface area contributed by atoms with E-state index in [4.69, 9.17) is 4.74 Å². The molecule has 2 heterocycles. The topological polar surface area (TPSA) is 37.7 Å². The van der Waals surface area contributed by atoms with E-state index in [2.05, 4.69) is 66.1 Å². The van der Waals surface area contributed by atoms with Crippen molar-refractivity contribution in [2.75, 3.05) is 44.8 Å². The lowest BCUT2D eigenvalue weighted by Gasteiger charge is -2.36. The number of methoxy groups -OCH3 is 1. The first-order chi connectivity index (χ1) is 14.5. The Morgan fingerprint density at radius 2 is 1.60 bits per heavy atom. The van der Waals surface area contributed by atoms with Crippen molar-refractivity contribution in [3.63, 3.8) is 0 Å². The number of fused-ring (bicyclic) bond motifs is 1. The third-order valence-electron chi connectivity index (χ3n) is 6.01. The van der Waals surface area contributed by atoms with Crippen LogP contribution in [0.5, 0.6) is 0 Å². The first kappa shape index (κ1) is 20.6. The quantitative estimate of drug-likeness (QED) is 0.628. The van der Waals surface area contributed by atoms with Gasteiger partial charge in [0.2, 0.25) is 0 Å². The van der Waals surface area contributed by atoms with Crippen molar-refractivity contribution in [1.82, 2.24) is 9.47 Å². The van der Waals surface area contributed by atoms with Crippen molar-refractivity contribution < 1.29 is 4.74 Å². The Morgan fingerprint density at radius 1 is 0.900 bits per heavy atom. The molecule has 1 aromatic heterocycles. The Balaban J connectivity index is 1.53. The molecule has 0 amide bonds. The molecular formula is C25H31N3O2. The number of rotatable bonds is 6. The highest BCUT2D eigenvalue weighted by atomic mass is 16.5. The number of aromatic nitrogens is 1. The first-order valence-corrected chi connectivity index (χ1v) is 10.7. The molecule has 0 atom stereocenters. The number of pyridine rings is 1. The molecule has 2 aromatic carbocycles. The van der Waals surface area contributed by atoms with Gasteiger partial charge in [-0.15, -0.1) is 0 Å². The summed E-state index contributed by atoms with van der Waals surface area (Å²) >= 11 is 0. The summed E-state index contributed by atoms with van der Waals surface area (Å²) < 4.78 is 7.12. The van der Waals surface area contributed by atoms with Gasteiger partial charge in [-0.25, -0.2) is 0 Å². The van der Waals surface area contributed by atoms with Crippen LogP contribution in [0.4, 0.5) is 5.69 Å². The van der Waals surface area contributed by atoms with Gasteiger partial charge < -0.3 is 14.2 Å². The Hall–Kier alpha value is -2.63. The minimum absolute atomic E-state index is 0.101. The van der Waals surface area contributed by atoms with Gasteiger partial charge in [0.15, 0.2) is 0 Å². The average Bonchev–Trinajstić information content (AvgIpc) is 2.75. The summed E-state index contributed by atoms with van der Waals surface area (Å²) in [5, 5.41) is 1.12. The van der Waals surface area contributed by atoms with E-state index >= 15 is 0 Å². The normalized spacial score (nSPS) is 15.1. The summed E-state index contributed by atoms with van der Waals surface area (Å²) in [4.78, 5) is 18.1. The molecule has 0 N–H and O–H groups in total. The summed E-state index contributed by atoms with van der Waals surface area (Å²) in [6.45, 7) is 9.87. The van der Waals surface area contributed by atoms with Gasteiger partial charge in [-0.2, -0.15) is 0 Å². The monoisotopic (exact) mass is 405 g/mol. The molecule has 0 saturated carbocycles. The molecule has 1 aliphatic rings. The van der Waals surface area contributed by atoms with Crippen molar-refractivity contribution >= 4 is 16.6 Å². The predicted molar refractivity (Wildman–Crippen MR) is 123 cm³/mol. The largest absolute Gasteiger partial charge is 0.383 e. The molecule has 0 bridgehead atoms. The zero-order valence-electron chi connectivity index (χ0n) is 18.2. The van der Waals surface area contributed by atoms with E-state index in [-0.39, 0.29) is 5.56 Å². The molecule has 0 aliphatic carbocycles. The lowest BCUT2D eigenvalue weighted by Crippen LogP contribution is -2.46. The summed E-state index contributed by atoms with van der Waals surface area (Å²) in [5.74, 6) is 0. The zero-order chi connectivity index (χ0) is 21.1. The van der Waals surface area contributed by atoms with Crippen molar-refractivity contribution in [3.8, 4) is 0 Å². The van der Waals surface area contributed by atoms with Gasteiger partial charge in [0.05, 0.1) is 12.1 Å². The van der Waals surface area contributed by atoms with E-state index < -0.39 is 0 Å². The maximum Gasteiger partial charge on any atom is 0.255 e. The van der Waals surface area contributed by atoms with E-state index in [1.165, 1.54) is 16.8 Å². The number of hydrogen-bond donors (Lipinski definition) is 0. The predicted octanol–water partition coefficient (Wildman–Crippen LogP) is 3.59. The molecule has 30 heavy (non-hydrogen) atoms. The second-order valence-electron chi connectivity index (χ2n) is 8.28. The van der Waals surface area contributed by atoms with Crippen LogP contribution in [0.25, 0.3) is 10.9 Å². The van der Waals surface area contributed by atoms with Gasteiger partial charge in [0.1, 0.15) is 0 Å². The zero-order valence-corrected chi connectivity index (χ0v) is 18.2. The van der Waals surface area contributed by atoms with Crippen LogP contribution >= 0.6 is 0 Å². The first-order valence-electron chi connectivity index (χ1n) is 10.7. The maximum absolute atomic E-state index is 13.2. The fourth-order valence-electron chi connectivity index (χ4n) is 4.25. The smallest absolute Gasteiger partial charge is 0.255 e. The fourth-order valence-corrected chi connectivity index (χ4v) is 4.25. The van der Waals surface area contributed by atoms with Crippen LogP contribution in [-0.4, -0.2) is 49.4 Å². The van der Waals surface area contributed by atoms with Gasteiger partial charge >= 0.3 is 0 Å². The molecule has 0 unspecified atom stereocenters. The van der Waals surface area contributed by atoms with E-state index in [9.17, 15) is 4.79 Å². The Labute approximate surface area is 178 Å². The molecule has 0 spiro atoms. The molecule has 158 valence electrons. The molecule has 1 fully saturated rings. The van der Waals surface area contributed by atoms with Crippen LogP contribution in [-0.2, 0) is 17.8 Å². The van der Waals surface area contributed by atoms with E-state index in [0.29, 0.717) is 19.7 Å². The van der Waals surface area contributed by atoms with Crippen molar-refractivity contribution in [2.45, 2.75) is 26.9 Å². The summed E-state index contributed by atoms with van der Waals surface area (Å²) in [6.07, 6.45) is 0. The van der Waals surface area contributed by atoms with Crippen LogP contribution in [0, 0.1) is 13.8 Å². The second kappa shape index (κ2) is 9.02. The van der Waals surface area contributed by atoms with Crippen LogP contribution in [0.1, 0.15) is 16.7 Å². The lowest BCUT2D eigenvalue weighted by molar-refractivity contribution is 0.187. The number of nitrogens with zero attached hydrogens (tertiary/aromatic N) is 3. The standard InChI is InChI=1S/C25H31N3O2/c1-19-4-7-23(8-5-19)27-12-10-26(11-13-27)18-22-17-21-16-20(2)6-9-24(21)28(25(22)29)14-15-30-3/h4-9,16-17H,10-15,18H2,1-3H3. The van der Waals surface area contributed by atoms with Crippen LogP contribution in [0.2, 0.25) is 0 Å². The molecule has 0 radical (unpaired) electrons. The number of anilines is 1. The minimum Gasteiger partial charge on any atom is -0.383 e. The highest BCUT2D eigenvalue weighted by Gasteiger charge is 2.19. The SMILES string of the molecule is COCCn1c(=O)c(CN2CCN(c3ccc(C)cc3)CC2)cc2cc(C)ccc21. The van der Waals surface area contributed by atoms with Gasteiger partial charge in [-0.05, 0) is 49.6 Å². The molecule has 4 rings (SSSR count). The van der Waals surface area contributed by atoms with E-state index in [0.717, 1.165) is 42.6 Å². The van der Waals surface area contributed by atoms with Gasteiger partial charge in [0, 0.05) is 57.6 Å². The highest BCUT2D eigenvalue weighted by Crippen LogP contribution is 2.20. The molecule has 3 aromatic rings. The number of aryl methyl sites for hydroxylation is 2. The Kier molecular flexibility index (Phi) is 6.21. The third kappa shape index (κ3) is 4.42. The number of ether oxygens (including phenoxy) is 1. The Morgan fingerprint density at radius 3 is 2.30 bits per heavy atom. The van der Waals surface area contributed by atoms with Crippen LogP contribution in [0.3, 0.4) is 0 Å². The minimum atomic E-state index is 0.101. The summed E-state index contributed by atoms with van der Waals surface area (Å²) in [5.41, 5.74) is 5.72. The second-order valence-corrected chi connectivity index (χ2v) is 8.28. The van der Waals surface area contributed by atoms with Crippen molar-refractivity contribution in [1.29, 1.82) is 0 Å². The highest BCUT2D eigenvalue weighted by molar-refractivity contribution is 5.80. The number of benzene rings is 2. The van der Waals surface area contributed by atoms with Gasteiger partial charge in [-0.1, -0.05) is 29.3 Å². The molecule has 5 nitrogen and oxygen atoms in total. The molecule has 5 heteroatoms. The van der Waals surface area contributed by atoms with Crippen molar-refractivity contribution in [2.24, 2.45) is 0 Å². The summed E-state index contributed by atoms with van der Waals surface area (Å²) in [7, 11) is 1.68.